The van der Waals surface area contributed by atoms with Crippen LogP contribution in [0.25, 0.3) is 0 Å². The van der Waals surface area contributed by atoms with Crippen LogP contribution in [-0.4, -0.2) is 37.0 Å². The lowest BCUT2D eigenvalue weighted by molar-refractivity contribution is -0.131. The van der Waals surface area contributed by atoms with Gasteiger partial charge in [0.2, 0.25) is 5.91 Å². The van der Waals surface area contributed by atoms with Crippen molar-refractivity contribution in [2.45, 2.75) is 26.2 Å². The van der Waals surface area contributed by atoms with Gasteiger partial charge in [0.05, 0.1) is 0 Å². The highest BCUT2D eigenvalue weighted by molar-refractivity contribution is 5.80. The Hall–Kier alpha value is -0.570. The van der Waals surface area contributed by atoms with Gasteiger partial charge in [-0.2, -0.15) is 0 Å². The fraction of sp³-hybridized carbons (Fsp3) is 0.909. The summed E-state index contributed by atoms with van der Waals surface area (Å²) in [5, 5.41) is 3.36. The van der Waals surface area contributed by atoms with Crippen molar-refractivity contribution in [1.29, 1.82) is 0 Å². The normalized spacial score (nSPS) is 29.9. The Labute approximate surface area is 85.8 Å². The molecule has 0 radical (unpaired) electrons. The van der Waals surface area contributed by atoms with Gasteiger partial charge in [-0.05, 0) is 38.3 Å². The molecule has 2 saturated heterocycles. The predicted molar refractivity (Wildman–Crippen MR) is 56.0 cm³/mol. The maximum Gasteiger partial charge on any atom is 0.225 e. The molecule has 0 aromatic carbocycles. The summed E-state index contributed by atoms with van der Waals surface area (Å²) < 4.78 is 0. The molecule has 1 atom stereocenters. The van der Waals surface area contributed by atoms with Crippen molar-refractivity contribution in [1.82, 2.24) is 10.2 Å². The van der Waals surface area contributed by atoms with Crippen LogP contribution in [0.2, 0.25) is 0 Å². The van der Waals surface area contributed by atoms with Gasteiger partial charge in [-0.25, -0.2) is 0 Å². The van der Waals surface area contributed by atoms with Crippen molar-refractivity contribution in [3.05, 3.63) is 0 Å². The summed E-state index contributed by atoms with van der Waals surface area (Å²) in [7, 11) is 0. The van der Waals surface area contributed by atoms with E-state index in [0.717, 1.165) is 38.5 Å². The molecule has 3 nitrogen and oxygen atoms in total. The molecule has 14 heavy (non-hydrogen) atoms. The van der Waals surface area contributed by atoms with E-state index in [-0.39, 0.29) is 5.92 Å². The second kappa shape index (κ2) is 4.30. The van der Waals surface area contributed by atoms with Crippen LogP contribution in [0.15, 0.2) is 0 Å². The zero-order valence-electron chi connectivity index (χ0n) is 8.96. The van der Waals surface area contributed by atoms with Gasteiger partial charge in [-0.3, -0.25) is 4.79 Å². The summed E-state index contributed by atoms with van der Waals surface area (Å²) in [6.45, 7) is 6.30. The van der Waals surface area contributed by atoms with Crippen LogP contribution in [0.3, 0.4) is 0 Å². The van der Waals surface area contributed by atoms with Crippen molar-refractivity contribution in [3.8, 4) is 0 Å². The number of carbonyl (C=O) groups is 1. The predicted octanol–water partition coefficient (Wildman–Crippen LogP) is 0.854. The standard InChI is InChI=1S/C11H20N2O/c1-9-4-7-13(11(9)14)8-10-2-5-12-6-3-10/h9-10,12H,2-8H2,1H3. The first kappa shape index (κ1) is 9.97. The Bertz CT molecular complexity index is 211. The first-order chi connectivity index (χ1) is 6.77. The van der Waals surface area contributed by atoms with E-state index in [2.05, 4.69) is 10.2 Å². The number of nitrogens with zero attached hydrogens (tertiary/aromatic N) is 1. The first-order valence-electron chi connectivity index (χ1n) is 5.77. The average molecular weight is 196 g/mol. The minimum absolute atomic E-state index is 0.275. The minimum Gasteiger partial charge on any atom is -0.342 e. The van der Waals surface area contributed by atoms with Gasteiger partial charge < -0.3 is 10.2 Å². The Balaban J connectivity index is 1.82. The number of rotatable bonds is 2. The summed E-state index contributed by atoms with van der Waals surface area (Å²) >= 11 is 0. The van der Waals surface area contributed by atoms with Gasteiger partial charge in [0.1, 0.15) is 0 Å². The monoisotopic (exact) mass is 196 g/mol. The third kappa shape index (κ3) is 2.08. The number of amides is 1. The fourth-order valence-corrected chi connectivity index (χ4v) is 2.45. The molecule has 2 heterocycles. The second-order valence-corrected chi connectivity index (χ2v) is 4.67. The highest BCUT2D eigenvalue weighted by Crippen LogP contribution is 2.21. The largest absolute Gasteiger partial charge is 0.342 e. The summed E-state index contributed by atoms with van der Waals surface area (Å²) in [4.78, 5) is 13.8. The SMILES string of the molecule is CC1CCN(CC2CCNCC2)C1=O. The lowest BCUT2D eigenvalue weighted by Crippen LogP contribution is -2.37. The molecule has 1 N–H and O–H groups in total. The smallest absolute Gasteiger partial charge is 0.225 e. The van der Waals surface area contributed by atoms with E-state index in [1.54, 1.807) is 0 Å². The molecule has 1 unspecified atom stereocenters. The first-order valence-corrected chi connectivity index (χ1v) is 5.77. The quantitative estimate of drug-likeness (QED) is 0.710. The molecule has 2 rings (SSSR count). The molecule has 0 aromatic rings. The molecule has 0 saturated carbocycles. The van der Waals surface area contributed by atoms with E-state index in [9.17, 15) is 4.79 Å². The topological polar surface area (TPSA) is 32.3 Å². The summed E-state index contributed by atoms with van der Waals surface area (Å²) in [5.74, 6) is 1.39. The molecule has 2 fully saturated rings. The van der Waals surface area contributed by atoms with Crippen LogP contribution >= 0.6 is 0 Å². The Morgan fingerprint density at radius 2 is 2.07 bits per heavy atom. The average Bonchev–Trinajstić information content (AvgIpc) is 2.52. The minimum atomic E-state index is 0.275. The van der Waals surface area contributed by atoms with E-state index in [1.807, 2.05) is 6.92 Å². The van der Waals surface area contributed by atoms with Gasteiger partial charge in [-0.1, -0.05) is 6.92 Å². The molecule has 2 aliphatic rings. The molecule has 0 spiro atoms. The molecular weight excluding hydrogens is 176 g/mol. The zero-order valence-corrected chi connectivity index (χ0v) is 8.96. The molecule has 2 aliphatic heterocycles. The lowest BCUT2D eigenvalue weighted by Gasteiger charge is -2.27. The van der Waals surface area contributed by atoms with Crippen LogP contribution in [0.4, 0.5) is 0 Å². The van der Waals surface area contributed by atoms with Crippen molar-refractivity contribution in [3.63, 3.8) is 0 Å². The molecule has 1 amide bonds. The lowest BCUT2D eigenvalue weighted by atomic mass is 9.98. The summed E-state index contributed by atoms with van der Waals surface area (Å²) in [6, 6.07) is 0. The summed E-state index contributed by atoms with van der Waals surface area (Å²) in [6.07, 6.45) is 3.53. The molecular formula is C11H20N2O. The molecule has 0 aromatic heterocycles. The van der Waals surface area contributed by atoms with Crippen LogP contribution in [-0.2, 0) is 4.79 Å². The number of piperidine rings is 1. The Kier molecular flexibility index (Phi) is 3.06. The van der Waals surface area contributed by atoms with E-state index >= 15 is 0 Å². The Morgan fingerprint density at radius 3 is 2.64 bits per heavy atom. The van der Waals surface area contributed by atoms with Crippen LogP contribution < -0.4 is 5.32 Å². The maximum atomic E-state index is 11.7. The van der Waals surface area contributed by atoms with Gasteiger partial charge in [0.25, 0.3) is 0 Å². The number of hydrogen-bond donors (Lipinski definition) is 1. The Morgan fingerprint density at radius 1 is 1.36 bits per heavy atom. The van der Waals surface area contributed by atoms with E-state index in [0.29, 0.717) is 5.91 Å². The third-order valence-corrected chi connectivity index (χ3v) is 3.50. The number of hydrogen-bond acceptors (Lipinski definition) is 2. The van der Waals surface area contributed by atoms with Crippen molar-refractivity contribution >= 4 is 5.91 Å². The number of carbonyl (C=O) groups excluding carboxylic acids is 1. The van der Waals surface area contributed by atoms with Crippen molar-refractivity contribution in [2.24, 2.45) is 11.8 Å². The van der Waals surface area contributed by atoms with Gasteiger partial charge in [-0.15, -0.1) is 0 Å². The maximum absolute atomic E-state index is 11.7. The van der Waals surface area contributed by atoms with E-state index in [1.165, 1.54) is 12.8 Å². The van der Waals surface area contributed by atoms with Crippen LogP contribution in [0.1, 0.15) is 26.2 Å². The molecule has 0 aliphatic carbocycles. The fourth-order valence-electron chi connectivity index (χ4n) is 2.45. The molecule has 3 heteroatoms. The molecule has 0 bridgehead atoms. The highest BCUT2D eigenvalue weighted by atomic mass is 16.2. The van der Waals surface area contributed by atoms with Crippen molar-refractivity contribution in [2.75, 3.05) is 26.2 Å². The van der Waals surface area contributed by atoms with E-state index in [4.69, 9.17) is 0 Å². The van der Waals surface area contributed by atoms with Crippen molar-refractivity contribution < 1.29 is 4.79 Å². The molecule has 80 valence electrons. The van der Waals surface area contributed by atoms with Gasteiger partial charge in [0, 0.05) is 19.0 Å². The zero-order chi connectivity index (χ0) is 9.97. The van der Waals surface area contributed by atoms with E-state index < -0.39 is 0 Å². The van der Waals surface area contributed by atoms with Crippen LogP contribution in [0.5, 0.6) is 0 Å². The second-order valence-electron chi connectivity index (χ2n) is 4.67. The van der Waals surface area contributed by atoms with Crippen LogP contribution in [0, 0.1) is 11.8 Å². The highest BCUT2D eigenvalue weighted by Gasteiger charge is 2.29. The van der Waals surface area contributed by atoms with Gasteiger partial charge in [0.15, 0.2) is 0 Å². The summed E-state index contributed by atoms with van der Waals surface area (Å²) in [5.41, 5.74) is 0. The third-order valence-electron chi connectivity index (χ3n) is 3.50. The number of nitrogens with one attached hydrogen (secondary N) is 1. The van der Waals surface area contributed by atoms with Gasteiger partial charge >= 0.3 is 0 Å². The number of likely N-dealkylation sites (tertiary alicyclic amines) is 1.